The fraction of sp³-hybridized carbons (Fsp3) is 0.913. The van der Waals surface area contributed by atoms with Crippen molar-refractivity contribution < 1.29 is 9.59 Å². The maximum atomic E-state index is 13.0. The molecule has 3 aliphatic heterocycles. The number of carbonyl (C=O) groups excluding carboxylic acids is 2. The van der Waals surface area contributed by atoms with Gasteiger partial charge in [-0.05, 0) is 70.9 Å². The molecule has 29 heavy (non-hydrogen) atoms. The fourth-order valence-corrected chi connectivity index (χ4v) is 5.54. The van der Waals surface area contributed by atoms with Crippen LogP contribution in [0.4, 0.5) is 0 Å². The lowest BCUT2D eigenvalue weighted by Crippen LogP contribution is -2.58. The summed E-state index contributed by atoms with van der Waals surface area (Å²) < 4.78 is 0. The Balaban J connectivity index is 1.48. The first-order valence-electron chi connectivity index (χ1n) is 11.9. The molecule has 1 N–H and O–H groups in total. The highest BCUT2D eigenvalue weighted by molar-refractivity contribution is 5.88. The zero-order valence-corrected chi connectivity index (χ0v) is 19.0. The van der Waals surface area contributed by atoms with Gasteiger partial charge in [-0.3, -0.25) is 9.59 Å². The smallest absolute Gasteiger partial charge is 0.242 e. The van der Waals surface area contributed by atoms with E-state index in [0.29, 0.717) is 12.5 Å². The minimum absolute atomic E-state index is 0.0983. The molecule has 4 atom stereocenters. The molecule has 0 aromatic heterocycles. The van der Waals surface area contributed by atoms with Crippen LogP contribution in [-0.2, 0) is 9.59 Å². The van der Waals surface area contributed by atoms with E-state index < -0.39 is 0 Å². The van der Waals surface area contributed by atoms with Crippen molar-refractivity contribution in [1.82, 2.24) is 20.0 Å². The van der Waals surface area contributed by atoms with Crippen LogP contribution in [0.2, 0.25) is 0 Å². The number of piperazine rings is 1. The molecule has 166 valence electrons. The quantitative estimate of drug-likeness (QED) is 0.736. The molecule has 0 bridgehead atoms. The molecule has 4 unspecified atom stereocenters. The van der Waals surface area contributed by atoms with Gasteiger partial charge in [-0.2, -0.15) is 0 Å². The third-order valence-electron chi connectivity index (χ3n) is 7.25. The molecule has 3 aliphatic rings. The lowest BCUT2D eigenvalue weighted by Gasteiger charge is -2.42. The summed E-state index contributed by atoms with van der Waals surface area (Å²) in [7, 11) is 2.27. The molecule has 3 saturated heterocycles. The predicted octanol–water partition coefficient (Wildman–Crippen LogP) is 2.33. The molecule has 0 saturated carbocycles. The zero-order chi connectivity index (χ0) is 21.0. The van der Waals surface area contributed by atoms with E-state index in [1.165, 1.54) is 32.2 Å². The second kappa shape index (κ2) is 10.3. The monoisotopic (exact) mass is 406 g/mol. The average Bonchev–Trinajstić information content (AvgIpc) is 2.66. The van der Waals surface area contributed by atoms with E-state index in [0.717, 1.165) is 44.3 Å². The third kappa shape index (κ3) is 5.94. The molecule has 0 radical (unpaired) electrons. The van der Waals surface area contributed by atoms with Gasteiger partial charge >= 0.3 is 0 Å². The largest absolute Gasteiger partial charge is 0.338 e. The van der Waals surface area contributed by atoms with E-state index in [9.17, 15) is 9.59 Å². The number of rotatable bonds is 6. The number of hydrogen-bond acceptors (Lipinski definition) is 4. The van der Waals surface area contributed by atoms with Gasteiger partial charge in [0, 0.05) is 31.7 Å². The predicted molar refractivity (Wildman–Crippen MR) is 117 cm³/mol. The van der Waals surface area contributed by atoms with Crippen molar-refractivity contribution in [1.29, 1.82) is 0 Å². The van der Waals surface area contributed by atoms with Gasteiger partial charge in [0.15, 0.2) is 0 Å². The number of nitrogens with one attached hydrogen (secondary N) is 1. The summed E-state index contributed by atoms with van der Waals surface area (Å²) >= 11 is 0. The Hall–Kier alpha value is -1.14. The van der Waals surface area contributed by atoms with Gasteiger partial charge in [0.25, 0.3) is 0 Å². The first kappa shape index (κ1) is 22.5. The number of likely N-dealkylation sites (tertiary alicyclic amines) is 2. The molecule has 6 nitrogen and oxygen atoms in total. The van der Waals surface area contributed by atoms with Crippen molar-refractivity contribution in [2.75, 3.05) is 39.8 Å². The maximum absolute atomic E-state index is 13.0. The summed E-state index contributed by atoms with van der Waals surface area (Å²) in [4.78, 5) is 32.1. The van der Waals surface area contributed by atoms with Crippen molar-refractivity contribution in [3.05, 3.63) is 0 Å². The summed E-state index contributed by atoms with van der Waals surface area (Å²) in [5, 5.41) is 3.32. The maximum Gasteiger partial charge on any atom is 0.242 e. The molecule has 3 heterocycles. The number of carbonyl (C=O) groups is 2. The first-order valence-corrected chi connectivity index (χ1v) is 11.9. The van der Waals surface area contributed by atoms with Crippen molar-refractivity contribution in [3.63, 3.8) is 0 Å². The fourth-order valence-electron chi connectivity index (χ4n) is 5.54. The highest BCUT2D eigenvalue weighted by Gasteiger charge is 2.34. The van der Waals surface area contributed by atoms with Crippen LogP contribution in [-0.4, -0.2) is 84.4 Å². The van der Waals surface area contributed by atoms with Crippen molar-refractivity contribution in [2.45, 2.75) is 83.8 Å². The summed E-state index contributed by atoms with van der Waals surface area (Å²) in [5.74, 6) is 1.41. The molecular weight excluding hydrogens is 364 g/mol. The average molecular weight is 407 g/mol. The SMILES string of the molecule is CC(C)CC1NCCN(CC(=O)N2CCC(CC3CCCCN3C)CC2C)C1=O. The zero-order valence-electron chi connectivity index (χ0n) is 19.0. The van der Waals surface area contributed by atoms with Crippen LogP contribution in [0.5, 0.6) is 0 Å². The second-order valence-electron chi connectivity index (χ2n) is 10.1. The Labute approximate surface area is 177 Å². The van der Waals surface area contributed by atoms with Gasteiger partial charge < -0.3 is 20.0 Å². The highest BCUT2D eigenvalue weighted by Crippen LogP contribution is 2.30. The van der Waals surface area contributed by atoms with E-state index in [2.05, 4.69) is 38.0 Å². The Bertz CT molecular complexity index is 567. The molecule has 0 spiro atoms. The van der Waals surface area contributed by atoms with Crippen LogP contribution in [0.1, 0.15) is 65.7 Å². The lowest BCUT2D eigenvalue weighted by molar-refractivity contribution is -0.145. The summed E-state index contributed by atoms with van der Waals surface area (Å²) in [6.45, 7) is 10.2. The molecule has 0 aromatic carbocycles. The van der Waals surface area contributed by atoms with E-state index in [1.807, 2.05) is 4.90 Å². The standard InChI is InChI=1S/C23H42N4O2/c1-17(2)13-21-23(29)26(12-9-24-21)16-22(28)27-11-8-19(14-18(27)3)15-20-7-5-6-10-25(20)4/h17-21,24H,5-16H2,1-4H3. The topological polar surface area (TPSA) is 55.9 Å². The second-order valence-corrected chi connectivity index (χ2v) is 10.1. The van der Waals surface area contributed by atoms with E-state index in [4.69, 9.17) is 0 Å². The minimum atomic E-state index is -0.132. The summed E-state index contributed by atoms with van der Waals surface area (Å²) in [6, 6.07) is 0.867. The third-order valence-corrected chi connectivity index (χ3v) is 7.25. The molecule has 3 rings (SSSR count). The van der Waals surface area contributed by atoms with E-state index in [-0.39, 0.29) is 30.4 Å². The molecule has 0 aromatic rings. The Morgan fingerprint density at radius 2 is 1.97 bits per heavy atom. The van der Waals surface area contributed by atoms with Gasteiger partial charge in [0.2, 0.25) is 11.8 Å². The lowest BCUT2D eigenvalue weighted by atomic mass is 9.84. The van der Waals surface area contributed by atoms with Crippen molar-refractivity contribution in [3.8, 4) is 0 Å². The van der Waals surface area contributed by atoms with Crippen LogP contribution >= 0.6 is 0 Å². The Morgan fingerprint density at radius 3 is 2.66 bits per heavy atom. The number of hydrogen-bond donors (Lipinski definition) is 1. The van der Waals surface area contributed by atoms with Crippen LogP contribution < -0.4 is 5.32 Å². The summed E-state index contributed by atoms with van der Waals surface area (Å²) in [5.41, 5.74) is 0. The van der Waals surface area contributed by atoms with Crippen LogP contribution in [0.3, 0.4) is 0 Å². The molecule has 6 heteroatoms. The normalized spacial score (nSPS) is 32.1. The van der Waals surface area contributed by atoms with Crippen LogP contribution in [0.25, 0.3) is 0 Å². The Kier molecular flexibility index (Phi) is 7.97. The van der Waals surface area contributed by atoms with E-state index in [1.54, 1.807) is 4.90 Å². The van der Waals surface area contributed by atoms with E-state index >= 15 is 0 Å². The first-order chi connectivity index (χ1) is 13.8. The van der Waals surface area contributed by atoms with Crippen LogP contribution in [0.15, 0.2) is 0 Å². The molecule has 2 amide bonds. The van der Waals surface area contributed by atoms with Gasteiger partial charge in [-0.1, -0.05) is 20.3 Å². The number of amides is 2. The molecular formula is C23H42N4O2. The van der Waals surface area contributed by atoms with Crippen molar-refractivity contribution >= 4 is 11.8 Å². The van der Waals surface area contributed by atoms with Gasteiger partial charge in [0.05, 0.1) is 12.6 Å². The minimum Gasteiger partial charge on any atom is -0.338 e. The highest BCUT2D eigenvalue weighted by atomic mass is 16.2. The Morgan fingerprint density at radius 1 is 1.17 bits per heavy atom. The summed E-state index contributed by atoms with van der Waals surface area (Å²) in [6.07, 6.45) is 8.33. The molecule has 0 aliphatic carbocycles. The van der Waals surface area contributed by atoms with Crippen LogP contribution in [0, 0.1) is 11.8 Å². The number of nitrogens with zero attached hydrogens (tertiary/aromatic N) is 3. The van der Waals surface area contributed by atoms with Gasteiger partial charge in [-0.25, -0.2) is 0 Å². The number of piperidine rings is 2. The van der Waals surface area contributed by atoms with Gasteiger partial charge in [0.1, 0.15) is 0 Å². The molecule has 3 fully saturated rings. The van der Waals surface area contributed by atoms with Gasteiger partial charge in [-0.15, -0.1) is 0 Å². The van der Waals surface area contributed by atoms with Crippen molar-refractivity contribution in [2.24, 2.45) is 11.8 Å².